The second kappa shape index (κ2) is 6.10. The molecule has 0 radical (unpaired) electrons. The van der Waals surface area contributed by atoms with E-state index >= 15 is 0 Å². The Morgan fingerprint density at radius 3 is 2.39 bits per heavy atom. The smallest absolute Gasteiger partial charge is 0.126 e. The maximum Gasteiger partial charge on any atom is 0.126 e. The lowest BCUT2D eigenvalue weighted by molar-refractivity contribution is 0.173. The van der Waals surface area contributed by atoms with Crippen LogP contribution in [-0.2, 0) is 6.42 Å². The highest BCUT2D eigenvalue weighted by molar-refractivity contribution is 5.19. The van der Waals surface area contributed by atoms with E-state index in [4.69, 9.17) is 0 Å². The molecule has 98 valence electrons. The molecule has 1 aliphatic carbocycles. The van der Waals surface area contributed by atoms with Crippen molar-refractivity contribution in [3.63, 3.8) is 0 Å². The number of hydrogen-bond acceptors (Lipinski definition) is 1. The monoisotopic (exact) mass is 252 g/mol. The van der Waals surface area contributed by atoms with Crippen LogP contribution in [-0.4, -0.2) is 11.2 Å². The molecule has 1 atom stereocenters. The molecule has 18 heavy (non-hydrogen) atoms. The van der Waals surface area contributed by atoms with Gasteiger partial charge in [-0.2, -0.15) is 0 Å². The van der Waals surface area contributed by atoms with E-state index in [2.05, 4.69) is 6.08 Å². The van der Waals surface area contributed by atoms with Gasteiger partial charge in [-0.25, -0.2) is 8.78 Å². The summed E-state index contributed by atoms with van der Waals surface area (Å²) in [6, 6.07) is 3.41. The van der Waals surface area contributed by atoms with E-state index in [9.17, 15) is 13.9 Å². The van der Waals surface area contributed by atoms with Crippen LogP contribution in [0.4, 0.5) is 8.78 Å². The van der Waals surface area contributed by atoms with Crippen molar-refractivity contribution in [1.82, 2.24) is 0 Å². The fourth-order valence-electron chi connectivity index (χ4n) is 2.47. The maximum absolute atomic E-state index is 13.0. The Morgan fingerprint density at radius 1 is 1.06 bits per heavy atom. The van der Waals surface area contributed by atoms with Gasteiger partial charge in [-0.3, -0.25) is 0 Å². The SMILES string of the molecule is OC(CC1=CCCCC1)Cc1cc(F)cc(F)c1. The molecule has 0 saturated carbocycles. The van der Waals surface area contributed by atoms with Crippen molar-refractivity contribution in [2.45, 2.75) is 44.6 Å². The molecule has 0 bridgehead atoms. The van der Waals surface area contributed by atoms with Gasteiger partial charge in [0.25, 0.3) is 0 Å². The standard InChI is InChI=1S/C15H18F2O/c16-13-6-12(7-14(17)10-13)9-15(18)8-11-4-2-1-3-5-11/h4,6-7,10,15,18H,1-3,5,8-9H2. The second-order valence-electron chi connectivity index (χ2n) is 4.95. The first-order valence-corrected chi connectivity index (χ1v) is 6.44. The molecule has 1 aromatic rings. The number of aliphatic hydroxyl groups excluding tert-OH is 1. The fourth-order valence-corrected chi connectivity index (χ4v) is 2.47. The van der Waals surface area contributed by atoms with Crippen molar-refractivity contribution in [3.05, 3.63) is 47.0 Å². The topological polar surface area (TPSA) is 20.2 Å². The van der Waals surface area contributed by atoms with Crippen molar-refractivity contribution < 1.29 is 13.9 Å². The van der Waals surface area contributed by atoms with Crippen LogP contribution in [0, 0.1) is 11.6 Å². The molecule has 0 saturated heterocycles. The number of allylic oxidation sites excluding steroid dienone is 1. The predicted octanol–water partition coefficient (Wildman–Crippen LogP) is 3.76. The first-order chi connectivity index (χ1) is 8.63. The van der Waals surface area contributed by atoms with E-state index in [0.29, 0.717) is 18.4 Å². The van der Waals surface area contributed by atoms with E-state index in [1.54, 1.807) is 0 Å². The summed E-state index contributed by atoms with van der Waals surface area (Å²) >= 11 is 0. The first-order valence-electron chi connectivity index (χ1n) is 6.44. The van der Waals surface area contributed by atoms with Gasteiger partial charge >= 0.3 is 0 Å². The molecule has 0 fully saturated rings. The summed E-state index contributed by atoms with van der Waals surface area (Å²) in [6.07, 6.45) is 7.03. The van der Waals surface area contributed by atoms with Gasteiger partial charge in [0.2, 0.25) is 0 Å². The third kappa shape index (κ3) is 3.91. The molecule has 1 aliphatic rings. The largest absolute Gasteiger partial charge is 0.392 e. The molecule has 0 aromatic heterocycles. The molecule has 0 heterocycles. The van der Waals surface area contributed by atoms with Crippen LogP contribution in [0.5, 0.6) is 0 Å². The molecule has 1 nitrogen and oxygen atoms in total. The maximum atomic E-state index is 13.0. The van der Waals surface area contributed by atoms with Gasteiger partial charge in [0.05, 0.1) is 6.10 Å². The average Bonchev–Trinajstić information content (AvgIpc) is 2.28. The second-order valence-corrected chi connectivity index (χ2v) is 4.95. The predicted molar refractivity (Wildman–Crippen MR) is 67.2 cm³/mol. The Balaban J connectivity index is 1.93. The van der Waals surface area contributed by atoms with E-state index < -0.39 is 17.7 Å². The summed E-state index contributed by atoms with van der Waals surface area (Å²) in [5, 5.41) is 9.95. The van der Waals surface area contributed by atoms with Crippen LogP contribution >= 0.6 is 0 Å². The first kappa shape index (κ1) is 13.2. The van der Waals surface area contributed by atoms with Gasteiger partial charge < -0.3 is 5.11 Å². The third-order valence-corrected chi connectivity index (χ3v) is 3.28. The van der Waals surface area contributed by atoms with E-state index in [1.807, 2.05) is 0 Å². The summed E-state index contributed by atoms with van der Waals surface area (Å²) < 4.78 is 26.0. The van der Waals surface area contributed by atoms with Crippen molar-refractivity contribution in [3.8, 4) is 0 Å². The zero-order valence-electron chi connectivity index (χ0n) is 10.3. The minimum absolute atomic E-state index is 0.298. The Labute approximate surface area is 106 Å². The molecule has 1 N–H and O–H groups in total. The van der Waals surface area contributed by atoms with Crippen LogP contribution < -0.4 is 0 Å². The van der Waals surface area contributed by atoms with Gasteiger partial charge in [0.1, 0.15) is 11.6 Å². The number of aliphatic hydroxyl groups is 1. The molecule has 1 aromatic carbocycles. The van der Waals surface area contributed by atoms with Gasteiger partial charge in [0, 0.05) is 6.07 Å². The van der Waals surface area contributed by atoms with Gasteiger partial charge in [-0.1, -0.05) is 11.6 Å². The summed E-state index contributed by atoms with van der Waals surface area (Å²) in [4.78, 5) is 0. The highest BCUT2D eigenvalue weighted by atomic mass is 19.1. The fraction of sp³-hybridized carbons (Fsp3) is 0.467. The lowest BCUT2D eigenvalue weighted by Crippen LogP contribution is -2.12. The molecule has 0 spiro atoms. The molecule has 0 aliphatic heterocycles. The number of halogens is 2. The Hall–Kier alpha value is -1.22. The average molecular weight is 252 g/mol. The summed E-state index contributed by atoms with van der Waals surface area (Å²) in [6.45, 7) is 0. The van der Waals surface area contributed by atoms with Crippen LogP contribution in [0.3, 0.4) is 0 Å². The van der Waals surface area contributed by atoms with Crippen molar-refractivity contribution in [2.75, 3.05) is 0 Å². The normalized spacial score (nSPS) is 17.4. The molecule has 2 rings (SSSR count). The lowest BCUT2D eigenvalue weighted by Gasteiger charge is -2.16. The lowest BCUT2D eigenvalue weighted by atomic mass is 9.93. The molecular formula is C15H18F2O. The minimum atomic E-state index is -0.589. The van der Waals surface area contributed by atoms with Crippen molar-refractivity contribution >= 4 is 0 Å². The van der Waals surface area contributed by atoms with Crippen molar-refractivity contribution in [1.29, 1.82) is 0 Å². The highest BCUT2D eigenvalue weighted by Gasteiger charge is 2.12. The molecule has 1 unspecified atom stereocenters. The highest BCUT2D eigenvalue weighted by Crippen LogP contribution is 2.22. The number of benzene rings is 1. The van der Waals surface area contributed by atoms with Crippen LogP contribution in [0.2, 0.25) is 0 Å². The minimum Gasteiger partial charge on any atom is -0.392 e. The molecular weight excluding hydrogens is 234 g/mol. The number of hydrogen-bond donors (Lipinski definition) is 1. The van der Waals surface area contributed by atoms with Gasteiger partial charge in [-0.15, -0.1) is 0 Å². The van der Waals surface area contributed by atoms with Crippen LogP contribution in [0.25, 0.3) is 0 Å². The van der Waals surface area contributed by atoms with Gasteiger partial charge in [0.15, 0.2) is 0 Å². The summed E-state index contributed by atoms with van der Waals surface area (Å²) in [5.41, 5.74) is 1.78. The number of rotatable bonds is 4. The summed E-state index contributed by atoms with van der Waals surface area (Å²) in [5.74, 6) is -1.18. The van der Waals surface area contributed by atoms with Crippen LogP contribution in [0.15, 0.2) is 29.8 Å². The van der Waals surface area contributed by atoms with Crippen molar-refractivity contribution in [2.24, 2.45) is 0 Å². The molecule has 3 heteroatoms. The molecule has 0 amide bonds. The van der Waals surface area contributed by atoms with E-state index in [1.165, 1.54) is 30.5 Å². The third-order valence-electron chi connectivity index (χ3n) is 3.28. The van der Waals surface area contributed by atoms with E-state index in [0.717, 1.165) is 18.9 Å². The zero-order valence-corrected chi connectivity index (χ0v) is 10.3. The Bertz CT molecular complexity index is 420. The Kier molecular flexibility index (Phi) is 4.48. The quantitative estimate of drug-likeness (QED) is 0.809. The van der Waals surface area contributed by atoms with Gasteiger partial charge in [-0.05, 0) is 56.2 Å². The Morgan fingerprint density at radius 2 is 1.78 bits per heavy atom. The summed E-state index contributed by atoms with van der Waals surface area (Å²) in [7, 11) is 0. The van der Waals surface area contributed by atoms with Crippen LogP contribution in [0.1, 0.15) is 37.7 Å². The zero-order chi connectivity index (χ0) is 13.0. The van der Waals surface area contributed by atoms with E-state index in [-0.39, 0.29) is 0 Å².